The third-order valence-corrected chi connectivity index (χ3v) is 11.1. The van der Waals surface area contributed by atoms with Gasteiger partial charge in [-0.15, -0.1) is 0 Å². The predicted octanol–water partition coefficient (Wildman–Crippen LogP) is 6.61. The largest absolute Gasteiger partial charge is 0.391 e. The molecular formula is C30H37FN2OS. The molecule has 0 amide bonds. The summed E-state index contributed by atoms with van der Waals surface area (Å²) in [7, 11) is 0. The van der Waals surface area contributed by atoms with Crippen molar-refractivity contribution in [1.82, 2.24) is 4.90 Å². The molecule has 3 nitrogen and oxygen atoms in total. The molecule has 186 valence electrons. The molecule has 0 aromatic heterocycles. The van der Waals surface area contributed by atoms with Crippen molar-refractivity contribution in [2.45, 2.75) is 62.4 Å². The van der Waals surface area contributed by atoms with Gasteiger partial charge in [-0.2, -0.15) is 0 Å². The average molecular weight is 493 g/mol. The summed E-state index contributed by atoms with van der Waals surface area (Å²) in [5, 5.41) is 11.4. The van der Waals surface area contributed by atoms with Crippen molar-refractivity contribution in [3.05, 3.63) is 48.3 Å². The van der Waals surface area contributed by atoms with Gasteiger partial charge in [-0.3, -0.25) is 0 Å². The van der Waals surface area contributed by atoms with Gasteiger partial charge in [-0.05, 0) is 135 Å². The zero-order valence-electron chi connectivity index (χ0n) is 20.5. The van der Waals surface area contributed by atoms with Gasteiger partial charge in [0.15, 0.2) is 0 Å². The molecule has 4 aliphatic carbocycles. The second-order valence-corrected chi connectivity index (χ2v) is 13.4. The maximum absolute atomic E-state index is 14.1. The van der Waals surface area contributed by atoms with Crippen molar-refractivity contribution in [2.24, 2.45) is 29.1 Å². The first kappa shape index (κ1) is 22.6. The van der Waals surface area contributed by atoms with Crippen molar-refractivity contribution in [1.29, 1.82) is 0 Å². The summed E-state index contributed by atoms with van der Waals surface area (Å²) in [6, 6.07) is 13.6. The number of halogens is 1. The average Bonchev–Trinajstić information content (AvgIpc) is 2.84. The third-order valence-electron chi connectivity index (χ3n) is 9.97. The molecule has 0 spiro atoms. The van der Waals surface area contributed by atoms with Crippen LogP contribution in [-0.4, -0.2) is 42.3 Å². The van der Waals surface area contributed by atoms with E-state index in [-0.39, 0.29) is 17.3 Å². The van der Waals surface area contributed by atoms with Crippen LogP contribution >= 0.6 is 11.9 Å². The maximum atomic E-state index is 14.1. The zero-order valence-corrected chi connectivity index (χ0v) is 21.4. The maximum Gasteiger partial charge on any atom is 0.123 e. The fourth-order valence-corrected chi connectivity index (χ4v) is 9.82. The summed E-state index contributed by atoms with van der Waals surface area (Å²) in [6.07, 6.45) is 10.3. The van der Waals surface area contributed by atoms with Crippen LogP contribution in [0.3, 0.4) is 0 Å². The van der Waals surface area contributed by atoms with Gasteiger partial charge < -0.3 is 14.3 Å². The van der Waals surface area contributed by atoms with Gasteiger partial charge in [-0.25, -0.2) is 4.39 Å². The number of piperidine rings is 1. The Balaban J connectivity index is 0.987. The van der Waals surface area contributed by atoms with E-state index in [1.807, 2.05) is 12.1 Å². The molecule has 2 aliphatic heterocycles. The summed E-state index contributed by atoms with van der Waals surface area (Å²) < 4.78 is 16.5. The second-order valence-electron chi connectivity index (χ2n) is 12.3. The van der Waals surface area contributed by atoms with Crippen molar-refractivity contribution < 1.29 is 9.50 Å². The van der Waals surface area contributed by atoms with Crippen LogP contribution in [0.25, 0.3) is 11.1 Å². The standard InChI is InChI=1S/C30H37FN2OS/c31-24-5-6-27-26(14-24)25-3-1-2-4-28(25)35-33(27)18-20-7-9-32(10-8-20)19-29(34)30-15-21-11-22(16-30)13-23(12-21)17-30/h1-6,14,20-23,29,34H,7-13,15-19H2/t21?,22?,23?,29-,30?/m0/s1. The van der Waals surface area contributed by atoms with E-state index in [1.54, 1.807) is 24.1 Å². The van der Waals surface area contributed by atoms with Crippen LogP contribution in [0.4, 0.5) is 10.1 Å². The summed E-state index contributed by atoms with van der Waals surface area (Å²) >= 11 is 1.80. The lowest BCUT2D eigenvalue weighted by Gasteiger charge is -2.59. The SMILES string of the molecule is O[C@@H](CN1CCC(CN2Sc3ccccc3-c3cc(F)ccc32)CC1)C12CC3CC(CC(C3)C1)C2. The number of fused-ring (bicyclic) bond motifs is 3. The van der Waals surface area contributed by atoms with Crippen LogP contribution in [0.1, 0.15) is 51.4 Å². The van der Waals surface area contributed by atoms with E-state index in [4.69, 9.17) is 0 Å². The Morgan fingerprint density at radius 2 is 1.63 bits per heavy atom. The van der Waals surface area contributed by atoms with Crippen molar-refractivity contribution in [3.63, 3.8) is 0 Å². The lowest BCUT2D eigenvalue weighted by atomic mass is 9.48. The first-order valence-electron chi connectivity index (χ1n) is 13.8. The molecule has 1 atom stereocenters. The molecule has 1 N–H and O–H groups in total. The molecule has 2 heterocycles. The lowest BCUT2D eigenvalue weighted by molar-refractivity contribution is -0.127. The topological polar surface area (TPSA) is 26.7 Å². The Hall–Kier alpha value is -1.56. The Bertz CT molecular complexity index is 1060. The number of rotatable bonds is 5. The number of hydrogen-bond acceptors (Lipinski definition) is 4. The first-order chi connectivity index (χ1) is 17.0. The number of aliphatic hydroxyl groups is 1. The molecule has 8 rings (SSSR count). The number of hydrogen-bond donors (Lipinski definition) is 1. The molecule has 4 saturated carbocycles. The normalized spacial score (nSPS) is 33.0. The third kappa shape index (κ3) is 4.12. The molecule has 0 unspecified atom stereocenters. The van der Waals surface area contributed by atoms with E-state index in [1.165, 1.54) is 56.3 Å². The number of β-amino-alcohol motifs (C(OH)–C–C–N with tert-alkyl or cyclic N) is 1. The van der Waals surface area contributed by atoms with Crippen LogP contribution < -0.4 is 4.31 Å². The van der Waals surface area contributed by atoms with Gasteiger partial charge in [0.25, 0.3) is 0 Å². The van der Waals surface area contributed by atoms with Gasteiger partial charge in [-0.1, -0.05) is 18.2 Å². The number of likely N-dealkylation sites (tertiary alicyclic amines) is 1. The summed E-state index contributed by atoms with van der Waals surface area (Å²) in [6.45, 7) is 4.02. The highest BCUT2D eigenvalue weighted by molar-refractivity contribution is 8.01. The van der Waals surface area contributed by atoms with E-state index >= 15 is 0 Å². The number of benzene rings is 2. The molecule has 2 aromatic carbocycles. The van der Waals surface area contributed by atoms with E-state index in [0.717, 1.165) is 60.7 Å². The molecule has 6 aliphatic rings. The molecule has 0 radical (unpaired) electrons. The molecule has 4 bridgehead atoms. The van der Waals surface area contributed by atoms with E-state index < -0.39 is 0 Å². The smallest absolute Gasteiger partial charge is 0.123 e. The minimum absolute atomic E-state index is 0.150. The highest BCUT2D eigenvalue weighted by atomic mass is 32.2. The quantitative estimate of drug-likeness (QED) is 0.475. The first-order valence-corrected chi connectivity index (χ1v) is 14.6. The van der Waals surface area contributed by atoms with Crippen LogP contribution in [0.2, 0.25) is 0 Å². The predicted molar refractivity (Wildman–Crippen MR) is 141 cm³/mol. The minimum Gasteiger partial charge on any atom is -0.391 e. The molecule has 2 aromatic rings. The molecule has 1 saturated heterocycles. The van der Waals surface area contributed by atoms with E-state index in [9.17, 15) is 9.50 Å². The monoisotopic (exact) mass is 492 g/mol. The van der Waals surface area contributed by atoms with Crippen LogP contribution in [0.15, 0.2) is 47.4 Å². The molecule has 5 heteroatoms. The zero-order chi connectivity index (χ0) is 23.6. The molecule has 35 heavy (non-hydrogen) atoms. The van der Waals surface area contributed by atoms with Crippen LogP contribution in [0.5, 0.6) is 0 Å². The fourth-order valence-electron chi connectivity index (χ4n) is 8.62. The number of anilines is 1. The van der Waals surface area contributed by atoms with Gasteiger partial charge in [0.05, 0.1) is 11.8 Å². The molecular weight excluding hydrogens is 455 g/mol. The van der Waals surface area contributed by atoms with Gasteiger partial charge in [0, 0.05) is 23.5 Å². The van der Waals surface area contributed by atoms with Gasteiger partial charge in [0.2, 0.25) is 0 Å². The number of aliphatic hydroxyl groups excluding tert-OH is 1. The van der Waals surface area contributed by atoms with Crippen LogP contribution in [0, 0.1) is 34.9 Å². The van der Waals surface area contributed by atoms with E-state index in [2.05, 4.69) is 27.4 Å². The Morgan fingerprint density at radius 3 is 2.34 bits per heavy atom. The van der Waals surface area contributed by atoms with Crippen molar-refractivity contribution in [2.75, 3.05) is 30.5 Å². The van der Waals surface area contributed by atoms with Gasteiger partial charge >= 0.3 is 0 Å². The van der Waals surface area contributed by atoms with Crippen molar-refractivity contribution >= 4 is 17.6 Å². The van der Waals surface area contributed by atoms with Crippen molar-refractivity contribution in [3.8, 4) is 11.1 Å². The summed E-state index contributed by atoms with van der Waals surface area (Å²) in [5.74, 6) is 3.13. The lowest BCUT2D eigenvalue weighted by Crippen LogP contribution is -2.55. The van der Waals surface area contributed by atoms with Gasteiger partial charge in [0.1, 0.15) is 5.82 Å². The Labute approximate surface area is 213 Å². The highest BCUT2D eigenvalue weighted by Crippen LogP contribution is 2.61. The second kappa shape index (κ2) is 8.78. The fraction of sp³-hybridized carbons (Fsp3) is 0.600. The Morgan fingerprint density at radius 1 is 0.943 bits per heavy atom. The Kier molecular flexibility index (Phi) is 5.67. The summed E-state index contributed by atoms with van der Waals surface area (Å²) in [4.78, 5) is 3.75. The van der Waals surface area contributed by atoms with E-state index in [0.29, 0.717) is 5.92 Å². The number of nitrogens with zero attached hydrogens (tertiary/aromatic N) is 2. The molecule has 5 fully saturated rings. The summed E-state index contributed by atoms with van der Waals surface area (Å²) in [5.41, 5.74) is 3.50. The minimum atomic E-state index is -0.170. The van der Waals surface area contributed by atoms with Crippen LogP contribution in [-0.2, 0) is 0 Å². The highest BCUT2D eigenvalue weighted by Gasteiger charge is 2.54.